The van der Waals surface area contributed by atoms with Gasteiger partial charge >= 0.3 is 0 Å². The normalized spacial score (nSPS) is 10.8. The quantitative estimate of drug-likeness (QED) is 0.529. The van der Waals surface area contributed by atoms with Crippen LogP contribution < -0.4 is 10.2 Å². The van der Waals surface area contributed by atoms with Gasteiger partial charge in [-0.05, 0) is 41.6 Å². The maximum Gasteiger partial charge on any atom is 0.275 e. The molecule has 0 radical (unpaired) electrons. The number of rotatable bonds is 6. The average molecular weight is 350 g/mol. The van der Waals surface area contributed by atoms with Gasteiger partial charge in [0.15, 0.2) is 0 Å². The third kappa shape index (κ3) is 4.55. The zero-order chi connectivity index (χ0) is 17.5. The minimum absolute atomic E-state index is 0.297. The number of nitrogens with zero attached hydrogens (tertiary/aromatic N) is 1. The fourth-order valence-corrected chi connectivity index (χ4v) is 3.03. The minimum atomic E-state index is -0.297. The van der Waals surface area contributed by atoms with E-state index in [4.69, 9.17) is 4.74 Å². The Bertz CT molecular complexity index is 872. The standard InChI is InChI=1S/C20H18N2O2S/c1-15-11-12-25-19(15)13-21-22-20(23)17-9-5-6-10-18(17)24-14-16-7-3-2-4-8-16/h2-13H,14H2,1H3,(H,22,23)/b21-13+. The number of benzene rings is 2. The van der Waals surface area contributed by atoms with Crippen LogP contribution in [0.2, 0.25) is 0 Å². The van der Waals surface area contributed by atoms with Gasteiger partial charge in [-0.3, -0.25) is 4.79 Å². The van der Waals surface area contributed by atoms with Crippen molar-refractivity contribution in [2.45, 2.75) is 13.5 Å². The molecule has 2 aromatic carbocycles. The van der Waals surface area contributed by atoms with Crippen molar-refractivity contribution in [3.05, 3.63) is 87.6 Å². The number of hydrogen-bond donors (Lipinski definition) is 1. The Hall–Kier alpha value is -2.92. The summed E-state index contributed by atoms with van der Waals surface area (Å²) in [7, 11) is 0. The van der Waals surface area contributed by atoms with Crippen molar-refractivity contribution in [1.29, 1.82) is 0 Å². The van der Waals surface area contributed by atoms with Crippen LogP contribution in [0.5, 0.6) is 5.75 Å². The van der Waals surface area contributed by atoms with Crippen molar-refractivity contribution < 1.29 is 9.53 Å². The van der Waals surface area contributed by atoms with Crippen molar-refractivity contribution in [3.8, 4) is 5.75 Å². The number of nitrogens with one attached hydrogen (secondary N) is 1. The molecule has 0 saturated carbocycles. The molecule has 0 atom stereocenters. The lowest BCUT2D eigenvalue weighted by Crippen LogP contribution is -2.18. The summed E-state index contributed by atoms with van der Waals surface area (Å²) in [5.74, 6) is 0.237. The Balaban J connectivity index is 1.66. The number of hydrazone groups is 1. The van der Waals surface area contributed by atoms with Gasteiger partial charge in [-0.2, -0.15) is 5.10 Å². The van der Waals surface area contributed by atoms with E-state index in [1.807, 2.05) is 54.8 Å². The zero-order valence-electron chi connectivity index (χ0n) is 13.8. The van der Waals surface area contributed by atoms with Crippen LogP contribution >= 0.6 is 11.3 Å². The van der Waals surface area contributed by atoms with Gasteiger partial charge in [0.25, 0.3) is 5.91 Å². The molecular formula is C20H18N2O2S. The number of ether oxygens (including phenoxy) is 1. The fourth-order valence-electron chi connectivity index (χ4n) is 2.24. The molecule has 0 fully saturated rings. The van der Waals surface area contributed by atoms with Crippen LogP contribution in [0.15, 0.2) is 71.1 Å². The molecule has 0 saturated heterocycles. The van der Waals surface area contributed by atoms with Gasteiger partial charge in [0.1, 0.15) is 12.4 Å². The van der Waals surface area contributed by atoms with E-state index in [0.29, 0.717) is 17.9 Å². The summed E-state index contributed by atoms with van der Waals surface area (Å²) in [5, 5.41) is 6.03. The molecule has 0 unspecified atom stereocenters. The Morgan fingerprint density at radius 1 is 1.12 bits per heavy atom. The van der Waals surface area contributed by atoms with E-state index >= 15 is 0 Å². The van der Waals surface area contributed by atoms with Crippen LogP contribution in [0.1, 0.15) is 26.4 Å². The van der Waals surface area contributed by atoms with E-state index in [9.17, 15) is 4.79 Å². The van der Waals surface area contributed by atoms with Crippen molar-refractivity contribution in [2.24, 2.45) is 5.10 Å². The van der Waals surface area contributed by atoms with E-state index in [1.54, 1.807) is 35.8 Å². The van der Waals surface area contributed by atoms with E-state index in [1.165, 1.54) is 0 Å². The molecule has 25 heavy (non-hydrogen) atoms. The molecular weight excluding hydrogens is 332 g/mol. The smallest absolute Gasteiger partial charge is 0.275 e. The van der Waals surface area contributed by atoms with E-state index in [0.717, 1.165) is 16.0 Å². The third-order valence-electron chi connectivity index (χ3n) is 3.62. The third-order valence-corrected chi connectivity index (χ3v) is 4.57. The molecule has 5 heteroatoms. The van der Waals surface area contributed by atoms with Crippen molar-refractivity contribution in [1.82, 2.24) is 5.43 Å². The largest absolute Gasteiger partial charge is 0.488 e. The lowest BCUT2D eigenvalue weighted by Gasteiger charge is -2.10. The predicted molar refractivity (Wildman–Crippen MR) is 101 cm³/mol. The number of para-hydroxylation sites is 1. The van der Waals surface area contributed by atoms with Gasteiger partial charge in [-0.1, -0.05) is 42.5 Å². The molecule has 3 rings (SSSR count). The number of carbonyl (C=O) groups excluding carboxylic acids is 1. The first-order valence-corrected chi connectivity index (χ1v) is 8.75. The van der Waals surface area contributed by atoms with Gasteiger partial charge in [-0.25, -0.2) is 5.43 Å². The van der Waals surface area contributed by atoms with Gasteiger partial charge < -0.3 is 4.74 Å². The second-order valence-corrected chi connectivity index (χ2v) is 6.39. The molecule has 1 aromatic heterocycles. The SMILES string of the molecule is Cc1ccsc1/C=N/NC(=O)c1ccccc1OCc1ccccc1. The molecule has 126 valence electrons. The molecule has 0 aliphatic carbocycles. The number of thiophene rings is 1. The van der Waals surface area contributed by atoms with Crippen LogP contribution in [-0.4, -0.2) is 12.1 Å². The van der Waals surface area contributed by atoms with Crippen molar-refractivity contribution in [3.63, 3.8) is 0 Å². The number of hydrogen-bond acceptors (Lipinski definition) is 4. The zero-order valence-corrected chi connectivity index (χ0v) is 14.6. The van der Waals surface area contributed by atoms with Crippen LogP contribution in [0.4, 0.5) is 0 Å². The number of aryl methyl sites for hydroxylation is 1. The summed E-state index contributed by atoms with van der Waals surface area (Å²) < 4.78 is 5.81. The van der Waals surface area contributed by atoms with Crippen molar-refractivity contribution in [2.75, 3.05) is 0 Å². The highest BCUT2D eigenvalue weighted by Crippen LogP contribution is 2.19. The molecule has 3 aromatic rings. The predicted octanol–water partition coefficient (Wildman–Crippen LogP) is 4.40. The summed E-state index contributed by atoms with van der Waals surface area (Å²) in [5.41, 5.74) is 5.20. The molecule has 1 amide bonds. The highest BCUT2D eigenvalue weighted by molar-refractivity contribution is 7.11. The summed E-state index contributed by atoms with van der Waals surface area (Å²) in [6.07, 6.45) is 1.66. The Labute approximate surface area is 150 Å². The number of amides is 1. The molecule has 0 aliphatic rings. The first kappa shape index (κ1) is 16.9. The highest BCUT2D eigenvalue weighted by atomic mass is 32.1. The van der Waals surface area contributed by atoms with Gasteiger partial charge in [-0.15, -0.1) is 11.3 Å². The fraction of sp³-hybridized carbons (Fsp3) is 0.100. The highest BCUT2D eigenvalue weighted by Gasteiger charge is 2.11. The summed E-state index contributed by atoms with van der Waals surface area (Å²) in [6, 6.07) is 19.0. The monoisotopic (exact) mass is 350 g/mol. The average Bonchev–Trinajstić information content (AvgIpc) is 3.06. The molecule has 0 spiro atoms. The Morgan fingerprint density at radius 2 is 1.88 bits per heavy atom. The van der Waals surface area contributed by atoms with Gasteiger partial charge in [0.05, 0.1) is 11.8 Å². The van der Waals surface area contributed by atoms with Crippen molar-refractivity contribution >= 4 is 23.5 Å². The number of carbonyl (C=O) groups is 1. The maximum absolute atomic E-state index is 12.4. The molecule has 4 nitrogen and oxygen atoms in total. The molecule has 0 bridgehead atoms. The van der Waals surface area contributed by atoms with Crippen LogP contribution in [-0.2, 0) is 6.61 Å². The first-order valence-electron chi connectivity index (χ1n) is 7.87. The second-order valence-electron chi connectivity index (χ2n) is 5.44. The van der Waals surface area contributed by atoms with Crippen LogP contribution in [0.3, 0.4) is 0 Å². The summed E-state index contributed by atoms with van der Waals surface area (Å²) in [4.78, 5) is 13.4. The van der Waals surface area contributed by atoms with E-state index in [-0.39, 0.29) is 5.91 Å². The summed E-state index contributed by atoms with van der Waals surface area (Å²) in [6.45, 7) is 2.41. The van der Waals surface area contributed by atoms with Gasteiger partial charge in [0.2, 0.25) is 0 Å². The Morgan fingerprint density at radius 3 is 2.64 bits per heavy atom. The van der Waals surface area contributed by atoms with E-state index in [2.05, 4.69) is 10.5 Å². The second kappa shape index (κ2) is 8.26. The lowest BCUT2D eigenvalue weighted by atomic mass is 10.2. The molecule has 1 heterocycles. The van der Waals surface area contributed by atoms with Crippen LogP contribution in [0.25, 0.3) is 0 Å². The van der Waals surface area contributed by atoms with Gasteiger partial charge in [0, 0.05) is 4.88 Å². The molecule has 0 aliphatic heterocycles. The topological polar surface area (TPSA) is 50.7 Å². The minimum Gasteiger partial charge on any atom is -0.488 e. The van der Waals surface area contributed by atoms with E-state index < -0.39 is 0 Å². The maximum atomic E-state index is 12.4. The van der Waals surface area contributed by atoms with Crippen LogP contribution in [0, 0.1) is 6.92 Å². The first-order chi connectivity index (χ1) is 12.2. The summed E-state index contributed by atoms with van der Waals surface area (Å²) >= 11 is 1.58. The molecule has 1 N–H and O–H groups in total. The Kier molecular flexibility index (Phi) is 5.59. The lowest BCUT2D eigenvalue weighted by molar-refractivity contribution is 0.0950.